The second-order valence-electron chi connectivity index (χ2n) is 5.79. The minimum atomic E-state index is -4.39. The third kappa shape index (κ3) is 4.56. The lowest BCUT2D eigenvalue weighted by molar-refractivity contribution is -0.145. The van der Waals surface area contributed by atoms with E-state index in [1.165, 1.54) is 12.1 Å². The molecule has 0 spiro atoms. The topological polar surface area (TPSA) is 43.4 Å². The molecule has 0 aromatic heterocycles. The standard InChI is InChI=1S/C17H19F3O3/c1-2-23-16(22)10-11-3-8-15(21)14(9-11)12-4-6-13(7-5-12)17(18,19)20/h4-7,11,14H,2-3,8-10H2,1H3. The maximum Gasteiger partial charge on any atom is 0.416 e. The van der Waals surface area contributed by atoms with Crippen LogP contribution in [0, 0.1) is 5.92 Å². The van der Waals surface area contributed by atoms with Crippen molar-refractivity contribution in [2.75, 3.05) is 6.61 Å². The summed E-state index contributed by atoms with van der Waals surface area (Å²) in [5, 5.41) is 0. The minimum Gasteiger partial charge on any atom is -0.466 e. The second kappa shape index (κ2) is 7.15. The summed E-state index contributed by atoms with van der Waals surface area (Å²) >= 11 is 0. The number of ether oxygens (including phenoxy) is 1. The van der Waals surface area contributed by atoms with Crippen molar-refractivity contribution in [3.05, 3.63) is 35.4 Å². The van der Waals surface area contributed by atoms with Crippen LogP contribution in [0.5, 0.6) is 0 Å². The quantitative estimate of drug-likeness (QED) is 0.781. The maximum atomic E-state index is 12.6. The molecule has 2 rings (SSSR count). The van der Waals surface area contributed by atoms with Crippen LogP contribution in [-0.4, -0.2) is 18.4 Å². The van der Waals surface area contributed by atoms with Gasteiger partial charge in [-0.15, -0.1) is 0 Å². The van der Waals surface area contributed by atoms with E-state index in [9.17, 15) is 22.8 Å². The van der Waals surface area contributed by atoms with E-state index < -0.39 is 17.7 Å². The first-order chi connectivity index (χ1) is 10.8. The summed E-state index contributed by atoms with van der Waals surface area (Å²) in [4.78, 5) is 23.7. The molecule has 1 aliphatic rings. The predicted octanol–water partition coefficient (Wildman–Crippen LogP) is 4.11. The number of hydrogen-bond donors (Lipinski definition) is 0. The number of benzene rings is 1. The summed E-state index contributed by atoms with van der Waals surface area (Å²) in [6.45, 7) is 2.04. The molecule has 0 aliphatic heterocycles. The first kappa shape index (κ1) is 17.5. The first-order valence-electron chi connectivity index (χ1n) is 7.66. The Morgan fingerprint density at radius 1 is 1.26 bits per heavy atom. The molecular weight excluding hydrogens is 309 g/mol. The van der Waals surface area contributed by atoms with E-state index in [0.29, 0.717) is 31.4 Å². The van der Waals surface area contributed by atoms with E-state index in [-0.39, 0.29) is 24.1 Å². The van der Waals surface area contributed by atoms with E-state index in [4.69, 9.17) is 4.74 Å². The van der Waals surface area contributed by atoms with Crippen molar-refractivity contribution in [1.29, 1.82) is 0 Å². The van der Waals surface area contributed by atoms with Gasteiger partial charge in [-0.25, -0.2) is 0 Å². The Kier molecular flexibility index (Phi) is 5.44. The zero-order chi connectivity index (χ0) is 17.0. The molecule has 0 N–H and O–H groups in total. The molecule has 23 heavy (non-hydrogen) atoms. The average Bonchev–Trinajstić information content (AvgIpc) is 2.49. The van der Waals surface area contributed by atoms with Crippen LogP contribution in [0.1, 0.15) is 49.7 Å². The molecule has 1 aliphatic carbocycles. The van der Waals surface area contributed by atoms with E-state index >= 15 is 0 Å². The fourth-order valence-corrected chi connectivity index (χ4v) is 2.97. The van der Waals surface area contributed by atoms with Crippen molar-refractivity contribution in [3.63, 3.8) is 0 Å². The highest BCUT2D eigenvalue weighted by Gasteiger charge is 2.33. The van der Waals surface area contributed by atoms with Crippen molar-refractivity contribution < 1.29 is 27.5 Å². The van der Waals surface area contributed by atoms with Gasteiger partial charge in [0.1, 0.15) is 5.78 Å². The van der Waals surface area contributed by atoms with Crippen molar-refractivity contribution in [2.24, 2.45) is 5.92 Å². The van der Waals surface area contributed by atoms with Gasteiger partial charge in [0.25, 0.3) is 0 Å². The van der Waals surface area contributed by atoms with Crippen molar-refractivity contribution in [2.45, 2.75) is 44.7 Å². The number of Topliss-reactive ketones (excluding diaryl/α,β-unsaturated/α-hetero) is 1. The van der Waals surface area contributed by atoms with Crippen LogP contribution in [-0.2, 0) is 20.5 Å². The molecule has 0 bridgehead atoms. The number of hydrogen-bond acceptors (Lipinski definition) is 3. The van der Waals surface area contributed by atoms with E-state index in [1.807, 2.05) is 0 Å². The van der Waals surface area contributed by atoms with Gasteiger partial charge in [-0.05, 0) is 43.4 Å². The summed E-state index contributed by atoms with van der Waals surface area (Å²) in [6, 6.07) is 4.71. The molecule has 2 atom stereocenters. The number of carbonyl (C=O) groups excluding carboxylic acids is 2. The maximum absolute atomic E-state index is 12.6. The van der Waals surface area contributed by atoms with Crippen LogP contribution in [0.2, 0.25) is 0 Å². The lowest BCUT2D eigenvalue weighted by Gasteiger charge is -2.28. The number of alkyl halides is 3. The Morgan fingerprint density at radius 2 is 1.91 bits per heavy atom. The van der Waals surface area contributed by atoms with Crippen LogP contribution in [0.3, 0.4) is 0 Å². The average molecular weight is 328 g/mol. The molecule has 1 aromatic carbocycles. The van der Waals surface area contributed by atoms with Crippen LogP contribution in [0.25, 0.3) is 0 Å². The summed E-state index contributed by atoms with van der Waals surface area (Å²) in [5.41, 5.74) is -0.149. The highest BCUT2D eigenvalue weighted by Crippen LogP contribution is 2.37. The minimum absolute atomic E-state index is 0.0184. The van der Waals surface area contributed by atoms with Crippen LogP contribution >= 0.6 is 0 Å². The SMILES string of the molecule is CCOC(=O)CC1CCC(=O)C(c2ccc(C(F)(F)F)cc2)C1. The number of ketones is 1. The van der Waals surface area contributed by atoms with Gasteiger partial charge in [0.2, 0.25) is 0 Å². The number of carbonyl (C=O) groups is 2. The monoisotopic (exact) mass is 328 g/mol. The Hall–Kier alpha value is -1.85. The van der Waals surface area contributed by atoms with Crippen molar-refractivity contribution >= 4 is 11.8 Å². The fraction of sp³-hybridized carbons (Fsp3) is 0.529. The third-order valence-electron chi connectivity index (χ3n) is 4.16. The van der Waals surface area contributed by atoms with E-state index in [2.05, 4.69) is 0 Å². The van der Waals surface area contributed by atoms with Gasteiger partial charge in [0.05, 0.1) is 12.2 Å². The second-order valence-corrected chi connectivity index (χ2v) is 5.79. The van der Waals surface area contributed by atoms with Crippen LogP contribution in [0.15, 0.2) is 24.3 Å². The molecule has 0 saturated heterocycles. The smallest absolute Gasteiger partial charge is 0.416 e. The Labute approximate surface area is 132 Å². The molecular formula is C17H19F3O3. The molecule has 0 amide bonds. The van der Waals surface area contributed by atoms with E-state index in [0.717, 1.165) is 12.1 Å². The van der Waals surface area contributed by atoms with Gasteiger partial charge in [0, 0.05) is 18.8 Å². The van der Waals surface area contributed by atoms with Crippen molar-refractivity contribution in [3.8, 4) is 0 Å². The van der Waals surface area contributed by atoms with Gasteiger partial charge in [-0.2, -0.15) is 13.2 Å². The molecule has 1 aromatic rings. The van der Waals surface area contributed by atoms with Crippen LogP contribution < -0.4 is 0 Å². The van der Waals surface area contributed by atoms with Crippen molar-refractivity contribution in [1.82, 2.24) is 0 Å². The molecule has 0 radical (unpaired) electrons. The van der Waals surface area contributed by atoms with Gasteiger partial charge >= 0.3 is 12.1 Å². The third-order valence-corrected chi connectivity index (χ3v) is 4.16. The summed E-state index contributed by atoms with van der Waals surface area (Å²) < 4.78 is 42.7. The summed E-state index contributed by atoms with van der Waals surface area (Å²) in [6.07, 6.45) is -2.70. The van der Waals surface area contributed by atoms with Crippen LogP contribution in [0.4, 0.5) is 13.2 Å². The molecule has 6 heteroatoms. The zero-order valence-corrected chi connectivity index (χ0v) is 12.9. The van der Waals surface area contributed by atoms with E-state index in [1.54, 1.807) is 6.92 Å². The Bertz CT molecular complexity index is 563. The highest BCUT2D eigenvalue weighted by molar-refractivity contribution is 5.86. The molecule has 2 unspecified atom stereocenters. The Morgan fingerprint density at radius 3 is 2.48 bits per heavy atom. The zero-order valence-electron chi connectivity index (χ0n) is 12.9. The molecule has 3 nitrogen and oxygen atoms in total. The van der Waals surface area contributed by atoms with Gasteiger partial charge in [-0.1, -0.05) is 12.1 Å². The highest BCUT2D eigenvalue weighted by atomic mass is 19.4. The number of halogens is 3. The summed E-state index contributed by atoms with van der Waals surface area (Å²) in [7, 11) is 0. The number of rotatable bonds is 4. The predicted molar refractivity (Wildman–Crippen MR) is 77.8 cm³/mol. The number of esters is 1. The Balaban J connectivity index is 2.08. The normalized spacial score (nSPS) is 22.0. The molecule has 126 valence electrons. The van der Waals surface area contributed by atoms with Gasteiger partial charge in [-0.3, -0.25) is 9.59 Å². The molecule has 1 fully saturated rings. The fourth-order valence-electron chi connectivity index (χ4n) is 2.97. The van der Waals surface area contributed by atoms with Gasteiger partial charge in [0.15, 0.2) is 0 Å². The largest absolute Gasteiger partial charge is 0.466 e. The molecule has 0 heterocycles. The lowest BCUT2D eigenvalue weighted by atomic mass is 9.76. The first-order valence-corrected chi connectivity index (χ1v) is 7.66. The van der Waals surface area contributed by atoms with Gasteiger partial charge < -0.3 is 4.74 Å². The lowest BCUT2D eigenvalue weighted by Crippen LogP contribution is -2.25. The summed E-state index contributed by atoms with van der Waals surface area (Å²) in [5.74, 6) is -0.688. The molecule has 1 saturated carbocycles.